The number of hydrogen-bond donors (Lipinski definition) is 0. The highest BCUT2D eigenvalue weighted by atomic mass is 16.1. The second kappa shape index (κ2) is 1.56. The zero-order chi connectivity index (χ0) is 6.27. The number of carbonyl (C=O) groups excluding carboxylic acids is 1. The van der Waals surface area contributed by atoms with E-state index in [2.05, 4.69) is 6.08 Å². The van der Waals surface area contributed by atoms with Gasteiger partial charge in [-0.05, 0) is 18.4 Å². The predicted octanol–water partition coefficient (Wildman–Crippen LogP) is 1.32. The van der Waals surface area contributed by atoms with Crippen LogP contribution in [0.5, 0.6) is 0 Å². The van der Waals surface area contributed by atoms with Crippen LogP contribution >= 0.6 is 0 Å². The van der Waals surface area contributed by atoms with Crippen molar-refractivity contribution in [2.75, 3.05) is 0 Å². The fourth-order valence-electron chi connectivity index (χ4n) is 1.24. The second-order valence-electron chi connectivity index (χ2n) is 2.65. The second-order valence-corrected chi connectivity index (χ2v) is 2.65. The molecule has 1 saturated carbocycles. The number of carbonyl (C=O) groups is 1. The molecule has 1 nitrogen and oxygen atoms in total. The first-order valence-corrected chi connectivity index (χ1v) is 3.26. The van der Waals surface area contributed by atoms with Crippen LogP contribution in [-0.4, -0.2) is 5.78 Å². The lowest BCUT2D eigenvalue weighted by Gasteiger charge is -1.82. The van der Waals surface area contributed by atoms with Gasteiger partial charge in [0.25, 0.3) is 0 Å². The van der Waals surface area contributed by atoms with Crippen LogP contribution in [0.15, 0.2) is 24.3 Å². The Morgan fingerprint density at radius 3 is 3.22 bits per heavy atom. The lowest BCUT2D eigenvalue weighted by Crippen LogP contribution is -1.94. The molecular formula is C8H8O. The smallest absolute Gasteiger partial charge is 0.159 e. The summed E-state index contributed by atoms with van der Waals surface area (Å²) in [5.41, 5.74) is 0. The minimum absolute atomic E-state index is 0.310. The molecule has 2 aliphatic carbocycles. The van der Waals surface area contributed by atoms with Crippen molar-refractivity contribution in [1.29, 1.82) is 0 Å². The molecule has 0 N–H and O–H groups in total. The van der Waals surface area contributed by atoms with Crippen LogP contribution in [0.1, 0.15) is 6.42 Å². The lowest BCUT2D eigenvalue weighted by molar-refractivity contribution is -0.115. The molecule has 46 valence electrons. The predicted molar refractivity (Wildman–Crippen MR) is 34.9 cm³/mol. The van der Waals surface area contributed by atoms with Gasteiger partial charge in [-0.1, -0.05) is 18.2 Å². The average Bonchev–Trinajstić information content (AvgIpc) is 2.55. The van der Waals surface area contributed by atoms with Gasteiger partial charge in [0.2, 0.25) is 0 Å². The van der Waals surface area contributed by atoms with E-state index < -0.39 is 0 Å². The van der Waals surface area contributed by atoms with Crippen molar-refractivity contribution >= 4 is 5.78 Å². The van der Waals surface area contributed by atoms with E-state index in [9.17, 15) is 4.79 Å². The van der Waals surface area contributed by atoms with Gasteiger partial charge in [0, 0.05) is 5.92 Å². The van der Waals surface area contributed by atoms with Crippen molar-refractivity contribution in [1.82, 2.24) is 0 Å². The van der Waals surface area contributed by atoms with E-state index in [-0.39, 0.29) is 0 Å². The maximum atomic E-state index is 10.9. The van der Waals surface area contributed by atoms with Crippen LogP contribution in [-0.2, 0) is 4.79 Å². The standard InChI is InChI=1S/C8H8O/c9-8-4-2-1-3-6-5-7(6)8/h1-4,6-7H,5H2/t6-,7-/m1/s1. The van der Waals surface area contributed by atoms with Crippen molar-refractivity contribution in [3.63, 3.8) is 0 Å². The summed E-state index contributed by atoms with van der Waals surface area (Å²) in [7, 11) is 0. The summed E-state index contributed by atoms with van der Waals surface area (Å²) in [6.07, 6.45) is 8.67. The van der Waals surface area contributed by atoms with Gasteiger partial charge in [0.05, 0.1) is 0 Å². The summed E-state index contributed by atoms with van der Waals surface area (Å²) in [6, 6.07) is 0. The fourth-order valence-corrected chi connectivity index (χ4v) is 1.24. The van der Waals surface area contributed by atoms with Gasteiger partial charge in [-0.15, -0.1) is 0 Å². The molecule has 0 heterocycles. The van der Waals surface area contributed by atoms with Crippen LogP contribution in [0.2, 0.25) is 0 Å². The van der Waals surface area contributed by atoms with E-state index in [1.54, 1.807) is 6.08 Å². The van der Waals surface area contributed by atoms with Gasteiger partial charge in [-0.2, -0.15) is 0 Å². The Morgan fingerprint density at radius 2 is 2.33 bits per heavy atom. The van der Waals surface area contributed by atoms with Gasteiger partial charge in [0.15, 0.2) is 5.78 Å². The molecule has 0 aliphatic heterocycles. The number of hydrogen-bond acceptors (Lipinski definition) is 1. The van der Waals surface area contributed by atoms with Crippen LogP contribution < -0.4 is 0 Å². The Labute approximate surface area is 54.1 Å². The zero-order valence-electron chi connectivity index (χ0n) is 5.08. The average molecular weight is 120 g/mol. The summed E-state index contributed by atoms with van der Waals surface area (Å²) in [5, 5.41) is 0. The summed E-state index contributed by atoms with van der Waals surface area (Å²) in [4.78, 5) is 10.9. The largest absolute Gasteiger partial charge is 0.295 e. The van der Waals surface area contributed by atoms with E-state index in [4.69, 9.17) is 0 Å². The maximum absolute atomic E-state index is 10.9. The molecule has 9 heavy (non-hydrogen) atoms. The minimum atomic E-state index is 0.310. The fraction of sp³-hybridized carbons (Fsp3) is 0.375. The van der Waals surface area contributed by atoms with Gasteiger partial charge < -0.3 is 0 Å². The molecule has 0 aromatic heterocycles. The molecule has 2 aliphatic rings. The topological polar surface area (TPSA) is 17.1 Å². The van der Waals surface area contributed by atoms with E-state index in [1.807, 2.05) is 12.2 Å². The molecule has 0 saturated heterocycles. The van der Waals surface area contributed by atoms with Crippen LogP contribution in [0.25, 0.3) is 0 Å². The van der Waals surface area contributed by atoms with Crippen molar-refractivity contribution in [3.8, 4) is 0 Å². The molecule has 1 fully saturated rings. The quantitative estimate of drug-likeness (QED) is 0.471. The molecule has 0 spiro atoms. The number of fused-ring (bicyclic) bond motifs is 1. The highest BCUT2D eigenvalue weighted by Gasteiger charge is 2.39. The molecule has 0 aromatic rings. The normalized spacial score (nSPS) is 38.0. The Hall–Kier alpha value is -0.850. The third-order valence-corrected chi connectivity index (χ3v) is 1.94. The Balaban J connectivity index is 2.26. The Morgan fingerprint density at radius 1 is 1.44 bits per heavy atom. The van der Waals surface area contributed by atoms with Gasteiger partial charge >= 0.3 is 0 Å². The van der Waals surface area contributed by atoms with Crippen molar-refractivity contribution in [2.24, 2.45) is 11.8 Å². The van der Waals surface area contributed by atoms with Gasteiger partial charge in [0.1, 0.15) is 0 Å². The first kappa shape index (κ1) is 4.98. The summed E-state index contributed by atoms with van der Waals surface area (Å²) in [5.74, 6) is 1.23. The molecule has 1 heteroatoms. The first-order valence-electron chi connectivity index (χ1n) is 3.26. The highest BCUT2D eigenvalue weighted by molar-refractivity contribution is 5.94. The molecule has 0 radical (unpaired) electrons. The Bertz CT molecular complexity index is 201. The first-order chi connectivity index (χ1) is 4.38. The van der Waals surface area contributed by atoms with E-state index >= 15 is 0 Å². The molecule has 0 aromatic carbocycles. The number of ketones is 1. The van der Waals surface area contributed by atoms with Crippen molar-refractivity contribution in [3.05, 3.63) is 24.3 Å². The molecular weight excluding hydrogens is 112 g/mol. The molecule has 0 unspecified atom stereocenters. The number of allylic oxidation sites excluding steroid dienone is 4. The molecule has 2 rings (SSSR count). The molecule has 0 amide bonds. The van der Waals surface area contributed by atoms with Crippen LogP contribution in [0.4, 0.5) is 0 Å². The SMILES string of the molecule is O=C1C=CC=C[C@@H]2C[C@@H]12. The summed E-state index contributed by atoms with van der Waals surface area (Å²) < 4.78 is 0. The molecule has 0 bridgehead atoms. The zero-order valence-corrected chi connectivity index (χ0v) is 5.08. The Kier molecular flexibility index (Phi) is 0.865. The summed E-state index contributed by atoms with van der Waals surface area (Å²) >= 11 is 0. The molecule has 2 atom stereocenters. The van der Waals surface area contributed by atoms with E-state index in [0.29, 0.717) is 17.6 Å². The van der Waals surface area contributed by atoms with E-state index in [0.717, 1.165) is 6.42 Å². The van der Waals surface area contributed by atoms with E-state index in [1.165, 1.54) is 0 Å². The van der Waals surface area contributed by atoms with Crippen molar-refractivity contribution in [2.45, 2.75) is 6.42 Å². The van der Waals surface area contributed by atoms with Crippen LogP contribution in [0, 0.1) is 11.8 Å². The van der Waals surface area contributed by atoms with Crippen molar-refractivity contribution < 1.29 is 4.79 Å². The lowest BCUT2D eigenvalue weighted by atomic mass is 10.2. The monoisotopic (exact) mass is 120 g/mol. The third kappa shape index (κ3) is 0.727. The highest BCUT2D eigenvalue weighted by Crippen LogP contribution is 2.41. The minimum Gasteiger partial charge on any atom is -0.295 e. The van der Waals surface area contributed by atoms with Gasteiger partial charge in [-0.25, -0.2) is 0 Å². The van der Waals surface area contributed by atoms with Gasteiger partial charge in [-0.3, -0.25) is 4.79 Å². The third-order valence-electron chi connectivity index (χ3n) is 1.94. The summed E-state index contributed by atoms with van der Waals surface area (Å²) in [6.45, 7) is 0. The van der Waals surface area contributed by atoms with Crippen LogP contribution in [0.3, 0.4) is 0 Å². The number of rotatable bonds is 0. The maximum Gasteiger partial charge on any atom is 0.159 e.